The Balaban J connectivity index is 1.71. The molecule has 0 N–H and O–H groups in total. The number of carbonyl (C=O) groups is 1. The molecule has 0 aliphatic carbocycles. The second-order valence-electron chi connectivity index (χ2n) is 7.19. The van der Waals surface area contributed by atoms with Crippen molar-refractivity contribution in [2.75, 3.05) is 26.8 Å². The highest BCUT2D eigenvalue weighted by atomic mass is 16.5. The fraction of sp³-hybridized carbons (Fsp3) is 0.579. The summed E-state index contributed by atoms with van der Waals surface area (Å²) in [4.78, 5) is 15.8. The second-order valence-corrected chi connectivity index (χ2v) is 7.19. The normalized spacial score (nSPS) is 19.8. The molecule has 3 rings (SSSR count). The first-order valence-electron chi connectivity index (χ1n) is 9.37. The maximum Gasteiger partial charge on any atom is 0.246 e. The third-order valence-electron chi connectivity index (χ3n) is 4.67. The van der Waals surface area contributed by atoms with Crippen LogP contribution >= 0.6 is 0 Å². The van der Waals surface area contributed by atoms with Crippen molar-refractivity contribution in [2.24, 2.45) is 11.8 Å². The van der Waals surface area contributed by atoms with Gasteiger partial charge in [0.15, 0.2) is 11.5 Å². The van der Waals surface area contributed by atoms with Crippen LogP contribution in [-0.4, -0.2) is 57.8 Å². The lowest BCUT2D eigenvalue weighted by Gasteiger charge is -2.34. The van der Waals surface area contributed by atoms with Gasteiger partial charge in [0.2, 0.25) is 11.7 Å². The number of benzene rings is 1. The molecule has 2 heterocycles. The monoisotopic (exact) mass is 373 g/mol. The van der Waals surface area contributed by atoms with Gasteiger partial charge in [-0.1, -0.05) is 13.8 Å². The fourth-order valence-electron chi connectivity index (χ4n) is 3.60. The minimum absolute atomic E-state index is 0.0297. The van der Waals surface area contributed by atoms with Crippen LogP contribution < -0.4 is 9.47 Å². The van der Waals surface area contributed by atoms with E-state index >= 15 is 0 Å². The molecular weight excluding hydrogens is 346 g/mol. The number of rotatable bonds is 6. The second kappa shape index (κ2) is 8.37. The van der Waals surface area contributed by atoms with Crippen molar-refractivity contribution in [3.63, 3.8) is 0 Å². The van der Waals surface area contributed by atoms with Crippen molar-refractivity contribution < 1.29 is 14.3 Å². The molecule has 8 heteroatoms. The minimum Gasteiger partial charge on any atom is -0.493 e. The number of hydrogen-bond acceptors (Lipinski definition) is 6. The van der Waals surface area contributed by atoms with Gasteiger partial charge in [-0.25, -0.2) is 0 Å². The number of ether oxygens (including phenoxy) is 2. The van der Waals surface area contributed by atoms with Crippen molar-refractivity contribution in [1.29, 1.82) is 0 Å². The van der Waals surface area contributed by atoms with Crippen LogP contribution in [0.1, 0.15) is 27.2 Å². The maximum absolute atomic E-state index is 12.6. The van der Waals surface area contributed by atoms with Gasteiger partial charge in [-0.3, -0.25) is 4.79 Å². The van der Waals surface area contributed by atoms with Crippen LogP contribution in [0, 0.1) is 11.8 Å². The van der Waals surface area contributed by atoms with Crippen molar-refractivity contribution in [3.05, 3.63) is 18.2 Å². The average molecular weight is 373 g/mol. The van der Waals surface area contributed by atoms with Crippen LogP contribution in [-0.2, 0) is 11.3 Å². The first-order chi connectivity index (χ1) is 13.0. The molecule has 1 amide bonds. The minimum atomic E-state index is 0.0297. The lowest BCUT2D eigenvalue weighted by molar-refractivity contribution is -0.135. The van der Waals surface area contributed by atoms with E-state index in [1.807, 2.05) is 30.0 Å². The van der Waals surface area contributed by atoms with Crippen LogP contribution in [0.15, 0.2) is 18.2 Å². The molecule has 1 aliphatic rings. The first-order valence-corrected chi connectivity index (χ1v) is 9.37. The molecule has 1 fully saturated rings. The Labute approximate surface area is 159 Å². The molecule has 1 saturated heterocycles. The molecule has 0 bridgehead atoms. The van der Waals surface area contributed by atoms with E-state index < -0.39 is 0 Å². The molecule has 0 unspecified atom stereocenters. The van der Waals surface area contributed by atoms with E-state index in [2.05, 4.69) is 29.3 Å². The van der Waals surface area contributed by atoms with E-state index in [0.29, 0.717) is 35.8 Å². The lowest BCUT2D eigenvalue weighted by Crippen LogP contribution is -2.44. The van der Waals surface area contributed by atoms with Crippen molar-refractivity contribution in [2.45, 2.75) is 33.7 Å². The molecule has 146 valence electrons. The zero-order chi connectivity index (χ0) is 19.4. The zero-order valence-corrected chi connectivity index (χ0v) is 16.4. The summed E-state index contributed by atoms with van der Waals surface area (Å²) in [7, 11) is 1.60. The number of aromatic nitrogens is 4. The van der Waals surface area contributed by atoms with Gasteiger partial charge in [0.05, 0.1) is 13.7 Å². The number of methoxy groups -OCH3 is 1. The van der Waals surface area contributed by atoms with Gasteiger partial charge in [0, 0.05) is 18.7 Å². The lowest BCUT2D eigenvalue weighted by atomic mass is 9.92. The van der Waals surface area contributed by atoms with Gasteiger partial charge in [0.25, 0.3) is 0 Å². The summed E-state index contributed by atoms with van der Waals surface area (Å²) in [5, 5.41) is 12.5. The van der Waals surface area contributed by atoms with Crippen LogP contribution in [0.3, 0.4) is 0 Å². The first kappa shape index (κ1) is 19.1. The van der Waals surface area contributed by atoms with Crippen molar-refractivity contribution in [3.8, 4) is 22.9 Å². The molecule has 1 aromatic heterocycles. The van der Waals surface area contributed by atoms with Gasteiger partial charge < -0.3 is 14.4 Å². The third-order valence-corrected chi connectivity index (χ3v) is 4.67. The summed E-state index contributed by atoms with van der Waals surface area (Å²) in [6, 6.07) is 5.47. The molecule has 1 aliphatic heterocycles. The topological polar surface area (TPSA) is 82.4 Å². The number of amides is 1. The Kier molecular flexibility index (Phi) is 5.93. The summed E-state index contributed by atoms with van der Waals surface area (Å²) in [5.74, 6) is 2.80. The van der Waals surface area contributed by atoms with Gasteiger partial charge >= 0.3 is 0 Å². The fourth-order valence-corrected chi connectivity index (χ4v) is 3.60. The summed E-state index contributed by atoms with van der Waals surface area (Å²) < 4.78 is 10.9. The predicted octanol–water partition coefficient (Wildman–Crippen LogP) is 2.25. The van der Waals surface area contributed by atoms with E-state index in [4.69, 9.17) is 9.47 Å². The van der Waals surface area contributed by atoms with Gasteiger partial charge in [0.1, 0.15) is 6.54 Å². The van der Waals surface area contributed by atoms with Gasteiger partial charge in [-0.15, -0.1) is 10.2 Å². The molecule has 0 radical (unpaired) electrons. The SMILES string of the molecule is CCOc1cc(-c2nnn(CC(=O)N3C[C@H](C)C[C@H](C)C3)n2)ccc1OC. The van der Waals surface area contributed by atoms with Crippen LogP contribution in [0.2, 0.25) is 0 Å². The smallest absolute Gasteiger partial charge is 0.246 e. The Morgan fingerprint density at radius 3 is 2.63 bits per heavy atom. The van der Waals surface area contributed by atoms with E-state index in [1.54, 1.807) is 7.11 Å². The number of likely N-dealkylation sites (tertiary alicyclic amines) is 1. The molecule has 27 heavy (non-hydrogen) atoms. The van der Waals surface area contributed by atoms with Crippen LogP contribution in [0.5, 0.6) is 11.5 Å². The highest BCUT2D eigenvalue weighted by Crippen LogP contribution is 2.31. The average Bonchev–Trinajstić information content (AvgIpc) is 3.09. The number of nitrogens with zero attached hydrogens (tertiary/aromatic N) is 5. The van der Waals surface area contributed by atoms with E-state index in [-0.39, 0.29) is 12.5 Å². The molecule has 0 saturated carbocycles. The third kappa shape index (κ3) is 4.56. The molecule has 1 aromatic carbocycles. The number of carbonyl (C=O) groups excluding carboxylic acids is 1. The Morgan fingerprint density at radius 2 is 1.96 bits per heavy atom. The quantitative estimate of drug-likeness (QED) is 0.772. The summed E-state index contributed by atoms with van der Waals surface area (Å²) in [6.45, 7) is 8.49. The van der Waals surface area contributed by atoms with Crippen molar-refractivity contribution in [1.82, 2.24) is 25.1 Å². The van der Waals surface area contributed by atoms with Gasteiger partial charge in [-0.05, 0) is 48.6 Å². The Morgan fingerprint density at radius 1 is 1.22 bits per heavy atom. The summed E-state index contributed by atoms with van der Waals surface area (Å²) >= 11 is 0. The number of hydrogen-bond donors (Lipinski definition) is 0. The predicted molar refractivity (Wildman–Crippen MR) is 100 cm³/mol. The van der Waals surface area contributed by atoms with Crippen molar-refractivity contribution >= 4 is 5.91 Å². The maximum atomic E-state index is 12.6. The number of tetrazole rings is 1. The highest BCUT2D eigenvalue weighted by Gasteiger charge is 2.26. The van der Waals surface area contributed by atoms with Gasteiger partial charge in [-0.2, -0.15) is 4.80 Å². The van der Waals surface area contributed by atoms with Crippen LogP contribution in [0.25, 0.3) is 11.4 Å². The Hall–Kier alpha value is -2.64. The zero-order valence-electron chi connectivity index (χ0n) is 16.4. The van der Waals surface area contributed by atoms with E-state index in [9.17, 15) is 4.79 Å². The van der Waals surface area contributed by atoms with E-state index in [0.717, 1.165) is 25.1 Å². The molecular formula is C19H27N5O3. The summed E-state index contributed by atoms with van der Waals surface area (Å²) in [5.41, 5.74) is 0.762. The molecule has 2 aromatic rings. The van der Waals surface area contributed by atoms with E-state index in [1.165, 1.54) is 4.80 Å². The molecule has 2 atom stereocenters. The number of piperidine rings is 1. The van der Waals surface area contributed by atoms with Crippen LogP contribution in [0.4, 0.5) is 0 Å². The Bertz CT molecular complexity index is 781. The summed E-state index contributed by atoms with van der Waals surface area (Å²) in [6.07, 6.45) is 1.16. The largest absolute Gasteiger partial charge is 0.493 e. The molecule has 8 nitrogen and oxygen atoms in total. The standard InChI is InChI=1S/C19H27N5O3/c1-5-27-17-9-15(6-7-16(17)26-4)19-20-22-24(21-19)12-18(25)23-10-13(2)8-14(3)11-23/h6-7,9,13-14H,5,8,10-12H2,1-4H3/t13-,14+. The highest BCUT2D eigenvalue weighted by molar-refractivity contribution is 5.76. The molecule has 0 spiro atoms.